The molecular weight excluding hydrogens is 136 g/mol. The van der Waals surface area contributed by atoms with Crippen molar-refractivity contribution in [3.63, 3.8) is 0 Å². The minimum atomic E-state index is 1.25. The summed E-state index contributed by atoms with van der Waals surface area (Å²) in [5.41, 5.74) is 4.61. The number of nitrogens with two attached hydrogens (primary N) is 1. The number of hydrogen-bond donors (Lipinski definition) is 1. The molecule has 0 heterocycles. The van der Waals surface area contributed by atoms with Crippen molar-refractivity contribution in [1.29, 1.82) is 0 Å². The van der Waals surface area contributed by atoms with Crippen LogP contribution in [0.5, 0.6) is 0 Å². The van der Waals surface area contributed by atoms with Gasteiger partial charge in [-0.1, -0.05) is 40.9 Å². The van der Waals surface area contributed by atoms with E-state index in [9.17, 15) is 0 Å². The molecule has 0 aromatic carbocycles. The number of nitrogens with zero attached hydrogens (tertiary/aromatic N) is 1. The average Bonchev–Trinajstić information content (AvgIpc) is 2.12. The van der Waals surface area contributed by atoms with Crippen molar-refractivity contribution < 1.29 is 0 Å². The largest absolute Gasteiger partial charge is 0.405 e. The van der Waals surface area contributed by atoms with E-state index in [-0.39, 0.29) is 0 Å². The highest BCUT2D eigenvalue weighted by Crippen LogP contribution is 1.50. The summed E-state index contributed by atoms with van der Waals surface area (Å²) in [5.74, 6) is 0. The summed E-state index contributed by atoms with van der Waals surface area (Å²) in [7, 11) is 0. The molecule has 11 heavy (non-hydrogen) atoms. The van der Waals surface area contributed by atoms with Crippen LogP contribution in [0.1, 0.15) is 27.7 Å². The molecule has 0 bridgehead atoms. The van der Waals surface area contributed by atoms with Crippen LogP contribution in [0.15, 0.2) is 30.6 Å². The van der Waals surface area contributed by atoms with Crippen molar-refractivity contribution >= 4 is 6.72 Å². The zero-order chi connectivity index (χ0) is 10.1. The van der Waals surface area contributed by atoms with Gasteiger partial charge in [0.05, 0.1) is 0 Å². The number of rotatable bonds is 1. The Labute approximate surface area is 71.5 Å². The van der Waals surface area contributed by atoms with Gasteiger partial charge in [0.2, 0.25) is 0 Å². The van der Waals surface area contributed by atoms with Gasteiger partial charge in [-0.3, -0.25) is 4.99 Å². The monoisotopic (exact) mass is 158 g/mol. The molecule has 0 aromatic heterocycles. The van der Waals surface area contributed by atoms with Crippen LogP contribution in [-0.4, -0.2) is 6.72 Å². The van der Waals surface area contributed by atoms with E-state index < -0.39 is 0 Å². The highest BCUT2D eigenvalue weighted by Gasteiger charge is 1.27. The van der Waals surface area contributed by atoms with E-state index in [1.807, 2.05) is 27.7 Å². The Balaban J connectivity index is -0.0000000315. The summed E-state index contributed by atoms with van der Waals surface area (Å²) in [4.78, 5) is 3.25. The van der Waals surface area contributed by atoms with Gasteiger partial charge < -0.3 is 5.73 Å². The third kappa shape index (κ3) is 173000. The molecular formula is C9H22N2. The fourth-order valence-electron chi connectivity index (χ4n) is 0. The summed E-state index contributed by atoms with van der Waals surface area (Å²) in [6.07, 6.45) is 2.64. The van der Waals surface area contributed by atoms with Gasteiger partial charge >= 0.3 is 0 Å². The lowest BCUT2D eigenvalue weighted by molar-refractivity contribution is 1.50. The Morgan fingerprint density at radius 1 is 1.09 bits per heavy atom. The third-order valence-corrected chi connectivity index (χ3v) is 0.129. The number of aliphatic imine (C=N–C) groups is 1. The molecule has 0 atom stereocenters. The van der Waals surface area contributed by atoms with Crippen molar-refractivity contribution in [2.75, 3.05) is 0 Å². The maximum Gasteiger partial charge on any atom is 0.0188 e. The molecule has 0 aromatic rings. The normalized spacial score (nSPS) is 4.00. The molecule has 0 amide bonds. The highest BCUT2D eigenvalue weighted by atomic mass is 14.6. The van der Waals surface area contributed by atoms with E-state index in [2.05, 4.69) is 30.6 Å². The molecule has 0 unspecified atom stereocenters. The van der Waals surface area contributed by atoms with Crippen LogP contribution < -0.4 is 5.73 Å². The Morgan fingerprint density at radius 2 is 1.18 bits per heavy atom. The van der Waals surface area contributed by atoms with Crippen LogP contribution in [0.4, 0.5) is 0 Å². The predicted octanol–water partition coefficient (Wildman–Crippen LogP) is 2.97. The second-order valence-corrected chi connectivity index (χ2v) is 0.601. The molecule has 68 valence electrons. The van der Waals surface area contributed by atoms with Crippen LogP contribution in [0, 0.1) is 0 Å². The summed E-state index contributed by atoms with van der Waals surface area (Å²) in [6.45, 7) is 17.5. The van der Waals surface area contributed by atoms with E-state index in [1.54, 1.807) is 0 Å². The first-order chi connectivity index (χ1) is 5.33. The molecule has 0 aliphatic rings. The smallest absolute Gasteiger partial charge is 0.0188 e. The van der Waals surface area contributed by atoms with E-state index in [0.717, 1.165) is 0 Å². The maximum absolute atomic E-state index is 4.61. The Morgan fingerprint density at radius 3 is 1.18 bits per heavy atom. The molecule has 0 spiro atoms. The summed E-state index contributed by atoms with van der Waals surface area (Å²) < 4.78 is 0. The van der Waals surface area contributed by atoms with Crippen molar-refractivity contribution in [3.8, 4) is 0 Å². The van der Waals surface area contributed by atoms with Gasteiger partial charge in [-0.15, -0.1) is 0 Å². The summed E-state index contributed by atoms with van der Waals surface area (Å²) >= 11 is 0. The van der Waals surface area contributed by atoms with Crippen LogP contribution in [-0.2, 0) is 0 Å². The fourth-order valence-corrected chi connectivity index (χ4v) is 0. The zero-order valence-electron chi connectivity index (χ0n) is 8.30. The first kappa shape index (κ1) is 22.5. The molecule has 2 heteroatoms. The van der Waals surface area contributed by atoms with E-state index >= 15 is 0 Å². The quantitative estimate of drug-likeness (QED) is 0.585. The topological polar surface area (TPSA) is 38.4 Å². The molecule has 0 fully saturated rings. The predicted molar refractivity (Wildman–Crippen MR) is 56.8 cm³/mol. The van der Waals surface area contributed by atoms with E-state index in [4.69, 9.17) is 0 Å². The van der Waals surface area contributed by atoms with Gasteiger partial charge in [-0.2, -0.15) is 0 Å². The van der Waals surface area contributed by atoms with Crippen molar-refractivity contribution in [3.05, 3.63) is 25.6 Å². The SMILES string of the molecule is C=CN.C=CN=C.CC.CC. The summed E-state index contributed by atoms with van der Waals surface area (Å²) in [5, 5.41) is 0. The zero-order valence-corrected chi connectivity index (χ0v) is 8.30. The van der Waals surface area contributed by atoms with Crippen molar-refractivity contribution in [1.82, 2.24) is 0 Å². The second kappa shape index (κ2) is 149. The lowest BCUT2D eigenvalue weighted by Gasteiger charge is -1.48. The van der Waals surface area contributed by atoms with E-state index in [1.165, 1.54) is 12.4 Å². The second-order valence-electron chi connectivity index (χ2n) is 0.601. The van der Waals surface area contributed by atoms with Crippen LogP contribution in [0.25, 0.3) is 0 Å². The molecule has 2 nitrogen and oxygen atoms in total. The molecule has 0 rings (SSSR count). The third-order valence-electron chi connectivity index (χ3n) is 0.129. The van der Waals surface area contributed by atoms with Crippen LogP contribution in [0.2, 0.25) is 0 Å². The minimum absolute atomic E-state index is 1.25. The van der Waals surface area contributed by atoms with Gasteiger partial charge in [0.1, 0.15) is 0 Å². The summed E-state index contributed by atoms with van der Waals surface area (Å²) in [6, 6.07) is 0. The first-order valence-corrected chi connectivity index (χ1v) is 3.72. The molecule has 0 aliphatic heterocycles. The van der Waals surface area contributed by atoms with Crippen molar-refractivity contribution in [2.24, 2.45) is 10.7 Å². The Bertz CT molecular complexity index is 52.6. The molecule has 0 radical (unpaired) electrons. The molecule has 0 saturated heterocycles. The van der Waals surface area contributed by atoms with Gasteiger partial charge in [-0.25, -0.2) is 0 Å². The van der Waals surface area contributed by atoms with Gasteiger partial charge in [0.15, 0.2) is 0 Å². The van der Waals surface area contributed by atoms with Crippen molar-refractivity contribution in [2.45, 2.75) is 27.7 Å². The van der Waals surface area contributed by atoms with E-state index in [0.29, 0.717) is 0 Å². The standard InChI is InChI=1S/C3H5N.C2H5N.2C2H6/c1-3-4-2;1-2-3;2*1-2/h3H,1-2H2;2H,1,3H2;2*1-2H3. The fraction of sp³-hybridized carbons (Fsp3) is 0.444. The average molecular weight is 158 g/mol. The number of hydrogen-bond acceptors (Lipinski definition) is 2. The lowest BCUT2D eigenvalue weighted by atomic mass is 11.0. The minimum Gasteiger partial charge on any atom is -0.405 e. The van der Waals surface area contributed by atoms with Gasteiger partial charge in [0, 0.05) is 6.20 Å². The Hall–Kier alpha value is -1.05. The lowest BCUT2D eigenvalue weighted by Crippen LogP contribution is -1.67. The molecule has 0 saturated carbocycles. The Kier molecular flexibility index (Phi) is 304. The van der Waals surface area contributed by atoms with Crippen LogP contribution >= 0.6 is 0 Å². The van der Waals surface area contributed by atoms with Gasteiger partial charge in [-0.05, 0) is 12.9 Å². The maximum atomic E-state index is 4.61. The molecule has 2 N–H and O–H groups in total. The highest BCUT2D eigenvalue weighted by molar-refractivity contribution is 5.24. The first-order valence-electron chi connectivity index (χ1n) is 3.72. The van der Waals surface area contributed by atoms with Crippen LogP contribution in [0.3, 0.4) is 0 Å². The van der Waals surface area contributed by atoms with Gasteiger partial charge in [0.25, 0.3) is 0 Å². The molecule has 0 aliphatic carbocycles.